The lowest BCUT2D eigenvalue weighted by molar-refractivity contribution is -0.120. The van der Waals surface area contributed by atoms with Crippen LogP contribution in [0.3, 0.4) is 0 Å². The van der Waals surface area contributed by atoms with Crippen LogP contribution < -0.4 is 10.9 Å². The van der Waals surface area contributed by atoms with Crippen LogP contribution in [0.1, 0.15) is 24.1 Å². The Morgan fingerprint density at radius 1 is 1.14 bits per heavy atom. The van der Waals surface area contributed by atoms with Gasteiger partial charge in [0.15, 0.2) is 0 Å². The summed E-state index contributed by atoms with van der Waals surface area (Å²) in [5.41, 5.74) is 1.57. The van der Waals surface area contributed by atoms with Crippen LogP contribution >= 0.6 is 23.2 Å². The topological polar surface area (TPSA) is 93.4 Å². The third kappa shape index (κ3) is 5.33. The number of para-hydroxylation sites is 1. The van der Waals surface area contributed by atoms with E-state index < -0.39 is 15.9 Å². The zero-order valence-electron chi connectivity index (χ0n) is 19.4. The van der Waals surface area contributed by atoms with Gasteiger partial charge < -0.3 is 5.32 Å². The minimum Gasteiger partial charge on any atom is -0.320 e. The first-order valence-corrected chi connectivity index (χ1v) is 13.5. The molecule has 1 aromatic heterocycles. The van der Waals surface area contributed by atoms with Crippen molar-refractivity contribution in [1.29, 1.82) is 0 Å². The zero-order chi connectivity index (χ0) is 25.3. The Balaban J connectivity index is 1.51. The van der Waals surface area contributed by atoms with Gasteiger partial charge in [-0.2, -0.15) is 0 Å². The summed E-state index contributed by atoms with van der Waals surface area (Å²) >= 11 is 12.1. The summed E-state index contributed by atoms with van der Waals surface area (Å²) < 4.78 is 30.6. The van der Waals surface area contributed by atoms with Crippen molar-refractivity contribution in [1.82, 2.24) is 13.7 Å². The SMILES string of the molecule is Cc1c(NC(=O)[C@@H]2CCCN(S(=O)(=O)Cc3ccc(Cl)cc3Cl)C2)c(=O)n(-c2ccccc2)n1C. The molecule has 1 atom stereocenters. The van der Waals surface area contributed by atoms with E-state index in [4.69, 9.17) is 23.2 Å². The molecule has 35 heavy (non-hydrogen) atoms. The standard InChI is InChI=1S/C24H26Cl2N4O4S/c1-16-22(24(32)30(28(16)2)20-8-4-3-5-9-20)27-23(31)17-7-6-12-29(14-17)35(33,34)15-18-10-11-19(25)13-21(18)26/h3-5,8-11,13,17H,6-7,12,14-15H2,1-2H3,(H,27,31)/t17-/m1/s1. The van der Waals surface area contributed by atoms with Crippen LogP contribution in [0.15, 0.2) is 53.3 Å². The van der Waals surface area contributed by atoms with E-state index in [2.05, 4.69) is 5.32 Å². The largest absolute Gasteiger partial charge is 0.320 e. The first kappa shape index (κ1) is 25.5. The number of piperidine rings is 1. The number of nitrogens with one attached hydrogen (secondary N) is 1. The second-order valence-electron chi connectivity index (χ2n) is 8.61. The van der Waals surface area contributed by atoms with Crippen LogP contribution in [0.5, 0.6) is 0 Å². The van der Waals surface area contributed by atoms with Crippen LogP contribution in [0.25, 0.3) is 5.69 Å². The molecule has 0 saturated carbocycles. The van der Waals surface area contributed by atoms with E-state index >= 15 is 0 Å². The maximum Gasteiger partial charge on any atom is 0.295 e. The number of halogens is 2. The highest BCUT2D eigenvalue weighted by Gasteiger charge is 2.33. The number of benzene rings is 2. The lowest BCUT2D eigenvalue weighted by atomic mass is 9.99. The van der Waals surface area contributed by atoms with Crippen LogP contribution in [-0.4, -0.2) is 41.1 Å². The molecule has 4 rings (SSSR count). The Morgan fingerprint density at radius 2 is 1.86 bits per heavy atom. The molecule has 3 aromatic rings. The molecule has 1 aliphatic rings. The highest BCUT2D eigenvalue weighted by Crippen LogP contribution is 2.27. The number of aromatic nitrogens is 2. The molecule has 1 amide bonds. The Morgan fingerprint density at radius 3 is 2.54 bits per heavy atom. The van der Waals surface area contributed by atoms with Crippen LogP contribution in [-0.2, 0) is 27.6 Å². The van der Waals surface area contributed by atoms with Gasteiger partial charge in [-0.25, -0.2) is 17.4 Å². The molecule has 0 aliphatic carbocycles. The fraction of sp³-hybridized carbons (Fsp3) is 0.333. The van der Waals surface area contributed by atoms with Crippen LogP contribution in [0, 0.1) is 12.8 Å². The minimum absolute atomic E-state index is 0.0398. The van der Waals surface area contributed by atoms with Crippen molar-refractivity contribution in [2.45, 2.75) is 25.5 Å². The fourth-order valence-electron chi connectivity index (χ4n) is 4.27. The maximum atomic E-state index is 13.1. The van der Waals surface area contributed by atoms with Crippen molar-refractivity contribution in [3.8, 4) is 5.69 Å². The molecule has 8 nitrogen and oxygen atoms in total. The van der Waals surface area contributed by atoms with E-state index in [1.807, 2.05) is 30.3 Å². The first-order valence-electron chi connectivity index (χ1n) is 11.1. The van der Waals surface area contributed by atoms with E-state index in [1.165, 1.54) is 15.1 Å². The van der Waals surface area contributed by atoms with E-state index in [0.717, 1.165) is 0 Å². The molecule has 0 bridgehead atoms. The summed E-state index contributed by atoms with van der Waals surface area (Å²) in [6.45, 7) is 2.12. The Bertz CT molecular complexity index is 1420. The normalized spacial score (nSPS) is 16.9. The number of hydrogen-bond acceptors (Lipinski definition) is 4. The van der Waals surface area contributed by atoms with Gasteiger partial charge in [0.1, 0.15) is 5.69 Å². The van der Waals surface area contributed by atoms with Crippen molar-refractivity contribution in [3.05, 3.63) is 80.2 Å². The smallest absolute Gasteiger partial charge is 0.295 e. The molecule has 0 radical (unpaired) electrons. The average molecular weight is 537 g/mol. The molecule has 1 fully saturated rings. The van der Waals surface area contributed by atoms with E-state index in [0.29, 0.717) is 41.4 Å². The Labute approximate surface area is 214 Å². The number of sulfonamides is 1. The predicted octanol–water partition coefficient (Wildman–Crippen LogP) is 3.97. The summed E-state index contributed by atoms with van der Waals surface area (Å²) in [4.78, 5) is 26.2. The predicted molar refractivity (Wildman–Crippen MR) is 138 cm³/mol. The van der Waals surface area contributed by atoms with Gasteiger partial charge in [0.25, 0.3) is 5.56 Å². The summed E-state index contributed by atoms with van der Waals surface area (Å²) in [6.07, 6.45) is 1.06. The highest BCUT2D eigenvalue weighted by atomic mass is 35.5. The molecular weight excluding hydrogens is 511 g/mol. The number of carbonyl (C=O) groups is 1. The summed E-state index contributed by atoms with van der Waals surface area (Å²) in [7, 11) is -1.96. The van der Waals surface area contributed by atoms with Crippen molar-refractivity contribution in [3.63, 3.8) is 0 Å². The quantitative estimate of drug-likeness (QED) is 0.515. The molecule has 2 heterocycles. The van der Waals surface area contributed by atoms with Crippen molar-refractivity contribution < 1.29 is 13.2 Å². The van der Waals surface area contributed by atoms with Gasteiger partial charge in [0, 0.05) is 30.2 Å². The molecule has 1 saturated heterocycles. The van der Waals surface area contributed by atoms with Crippen molar-refractivity contribution >= 4 is 44.8 Å². The summed E-state index contributed by atoms with van der Waals surface area (Å²) in [5.74, 6) is -1.24. The lowest BCUT2D eigenvalue weighted by Gasteiger charge is -2.31. The third-order valence-electron chi connectivity index (χ3n) is 6.30. The second kappa shape index (κ2) is 10.2. The number of anilines is 1. The molecule has 11 heteroatoms. The minimum atomic E-state index is -3.71. The van der Waals surface area contributed by atoms with Crippen LogP contribution in [0.4, 0.5) is 5.69 Å². The summed E-state index contributed by atoms with van der Waals surface area (Å²) in [5, 5.41) is 3.47. The number of nitrogens with zero attached hydrogens (tertiary/aromatic N) is 3. The Hall–Kier alpha value is -2.59. The number of carbonyl (C=O) groups excluding carboxylic acids is 1. The van der Waals surface area contributed by atoms with E-state index in [1.54, 1.807) is 30.8 Å². The number of amides is 1. The monoisotopic (exact) mass is 536 g/mol. The lowest BCUT2D eigenvalue weighted by Crippen LogP contribution is -2.44. The molecule has 2 aromatic carbocycles. The van der Waals surface area contributed by atoms with Gasteiger partial charge in [-0.05, 0) is 49.6 Å². The third-order valence-corrected chi connectivity index (χ3v) is 8.68. The summed E-state index contributed by atoms with van der Waals surface area (Å²) in [6, 6.07) is 13.8. The van der Waals surface area contributed by atoms with Crippen molar-refractivity contribution in [2.24, 2.45) is 13.0 Å². The molecular formula is C24H26Cl2N4O4S. The highest BCUT2D eigenvalue weighted by molar-refractivity contribution is 7.88. The van der Waals surface area contributed by atoms with Gasteiger partial charge in [-0.3, -0.25) is 14.3 Å². The molecule has 0 unspecified atom stereocenters. The van der Waals surface area contributed by atoms with E-state index in [9.17, 15) is 18.0 Å². The fourth-order valence-corrected chi connectivity index (χ4v) is 6.47. The number of rotatable bonds is 6. The Kier molecular flexibility index (Phi) is 7.42. The van der Waals surface area contributed by atoms with E-state index in [-0.39, 0.29) is 34.5 Å². The maximum absolute atomic E-state index is 13.1. The van der Waals surface area contributed by atoms with Gasteiger partial charge in [0.05, 0.1) is 23.1 Å². The molecule has 0 spiro atoms. The van der Waals surface area contributed by atoms with Gasteiger partial charge in [0.2, 0.25) is 15.9 Å². The zero-order valence-corrected chi connectivity index (χ0v) is 21.7. The van der Waals surface area contributed by atoms with Crippen molar-refractivity contribution in [2.75, 3.05) is 18.4 Å². The van der Waals surface area contributed by atoms with Gasteiger partial charge >= 0.3 is 0 Å². The number of hydrogen-bond donors (Lipinski definition) is 1. The van der Waals surface area contributed by atoms with Gasteiger partial charge in [-0.15, -0.1) is 0 Å². The average Bonchev–Trinajstić information content (AvgIpc) is 3.04. The first-order chi connectivity index (χ1) is 16.6. The van der Waals surface area contributed by atoms with Crippen LogP contribution in [0.2, 0.25) is 10.0 Å². The van der Waals surface area contributed by atoms with Gasteiger partial charge in [-0.1, -0.05) is 47.5 Å². The second-order valence-corrected chi connectivity index (χ2v) is 11.4. The molecule has 186 valence electrons. The molecule has 1 N–H and O–H groups in total. The molecule has 1 aliphatic heterocycles.